The van der Waals surface area contributed by atoms with Crippen LogP contribution in [0.1, 0.15) is 25.3 Å². The quantitative estimate of drug-likeness (QED) is 0.720. The van der Waals surface area contributed by atoms with E-state index in [1.54, 1.807) is 13.0 Å². The zero-order valence-electron chi connectivity index (χ0n) is 15.1. The minimum atomic E-state index is -4.31. The molecule has 2 rings (SSSR count). The molecule has 1 heterocycles. The summed E-state index contributed by atoms with van der Waals surface area (Å²) in [5.74, 6) is -0.139. The molecular formula is C18H27F3N4O. The maximum atomic E-state index is 12.8. The van der Waals surface area contributed by atoms with Crippen molar-refractivity contribution in [3.8, 4) is 0 Å². The van der Waals surface area contributed by atoms with Gasteiger partial charge in [0.1, 0.15) is 0 Å². The number of nitrogens with zero attached hydrogens (tertiary/aromatic N) is 2. The Morgan fingerprint density at radius 3 is 2.54 bits per heavy atom. The Kier molecular flexibility index (Phi) is 7.28. The van der Waals surface area contributed by atoms with Crippen LogP contribution in [0.5, 0.6) is 0 Å². The second kappa shape index (κ2) is 9.23. The summed E-state index contributed by atoms with van der Waals surface area (Å²) in [4.78, 5) is 15.6. The van der Waals surface area contributed by atoms with Gasteiger partial charge in [-0.15, -0.1) is 0 Å². The van der Waals surface area contributed by atoms with E-state index < -0.39 is 17.8 Å². The van der Waals surface area contributed by atoms with Crippen molar-refractivity contribution in [1.29, 1.82) is 0 Å². The Morgan fingerprint density at radius 2 is 1.92 bits per heavy atom. The molecule has 0 spiro atoms. The van der Waals surface area contributed by atoms with Crippen LogP contribution < -0.4 is 16.0 Å². The highest BCUT2D eigenvalue weighted by molar-refractivity contribution is 5.80. The molecule has 5 nitrogen and oxygen atoms in total. The Bertz CT molecular complexity index is 584. The van der Waals surface area contributed by atoms with E-state index in [-0.39, 0.29) is 5.91 Å². The number of benzene rings is 1. The van der Waals surface area contributed by atoms with Gasteiger partial charge in [0.05, 0.1) is 11.6 Å². The van der Waals surface area contributed by atoms with Crippen LogP contribution in [-0.2, 0) is 11.0 Å². The summed E-state index contributed by atoms with van der Waals surface area (Å²) in [5, 5.41) is 2.78. The summed E-state index contributed by atoms with van der Waals surface area (Å²) in [6.07, 6.45) is -2.47. The van der Waals surface area contributed by atoms with Crippen molar-refractivity contribution in [1.82, 2.24) is 10.2 Å². The SMILES string of the molecule is CC(N)C(=O)NCCCCN1CCN(c2cccc(C(F)(F)F)c2)CC1. The molecule has 1 aliphatic rings. The fourth-order valence-corrected chi connectivity index (χ4v) is 2.94. The first-order valence-electron chi connectivity index (χ1n) is 8.95. The average molecular weight is 372 g/mol. The number of nitrogens with one attached hydrogen (secondary N) is 1. The average Bonchev–Trinajstić information content (AvgIpc) is 2.61. The number of hydrogen-bond acceptors (Lipinski definition) is 4. The van der Waals surface area contributed by atoms with Crippen molar-refractivity contribution in [2.45, 2.75) is 32.0 Å². The molecule has 0 aliphatic carbocycles. The highest BCUT2D eigenvalue weighted by Crippen LogP contribution is 2.31. The van der Waals surface area contributed by atoms with Gasteiger partial charge in [-0.05, 0) is 44.5 Å². The van der Waals surface area contributed by atoms with Crippen LogP contribution in [0.15, 0.2) is 24.3 Å². The number of rotatable bonds is 7. The van der Waals surface area contributed by atoms with Crippen LogP contribution in [0, 0.1) is 0 Å². The van der Waals surface area contributed by atoms with Crippen molar-refractivity contribution >= 4 is 11.6 Å². The number of carbonyl (C=O) groups is 1. The van der Waals surface area contributed by atoms with Crippen molar-refractivity contribution in [3.63, 3.8) is 0 Å². The lowest BCUT2D eigenvalue weighted by Gasteiger charge is -2.36. The fourth-order valence-electron chi connectivity index (χ4n) is 2.94. The number of piperazine rings is 1. The summed E-state index contributed by atoms with van der Waals surface area (Å²) >= 11 is 0. The zero-order valence-corrected chi connectivity index (χ0v) is 15.1. The normalized spacial score (nSPS) is 17.2. The first-order valence-corrected chi connectivity index (χ1v) is 8.95. The van der Waals surface area contributed by atoms with Gasteiger partial charge in [0.15, 0.2) is 0 Å². The Morgan fingerprint density at radius 1 is 1.23 bits per heavy atom. The van der Waals surface area contributed by atoms with E-state index in [1.807, 2.05) is 4.90 Å². The first kappa shape index (κ1) is 20.5. The molecular weight excluding hydrogens is 345 g/mol. The number of nitrogens with two attached hydrogens (primary N) is 1. The van der Waals surface area contributed by atoms with Gasteiger partial charge >= 0.3 is 6.18 Å². The summed E-state index contributed by atoms with van der Waals surface area (Å²) in [6, 6.07) is 5.02. The van der Waals surface area contributed by atoms with E-state index in [4.69, 9.17) is 5.73 Å². The Labute approximate surface area is 152 Å². The first-order chi connectivity index (χ1) is 12.3. The summed E-state index contributed by atoms with van der Waals surface area (Å²) in [7, 11) is 0. The number of hydrogen-bond donors (Lipinski definition) is 2. The maximum absolute atomic E-state index is 12.8. The number of amides is 1. The third kappa shape index (κ3) is 6.17. The second-order valence-electron chi connectivity index (χ2n) is 6.66. The lowest BCUT2D eigenvalue weighted by Crippen LogP contribution is -2.46. The molecule has 146 valence electrons. The number of unbranched alkanes of at least 4 members (excludes halogenated alkanes) is 1. The number of halogens is 3. The van der Waals surface area contributed by atoms with E-state index in [2.05, 4.69) is 10.2 Å². The number of anilines is 1. The summed E-state index contributed by atoms with van der Waals surface area (Å²) < 4.78 is 38.5. The van der Waals surface area contributed by atoms with Gasteiger partial charge in [0.2, 0.25) is 5.91 Å². The lowest BCUT2D eigenvalue weighted by molar-refractivity contribution is -0.137. The minimum Gasteiger partial charge on any atom is -0.369 e. The van der Waals surface area contributed by atoms with Crippen molar-refractivity contribution in [2.24, 2.45) is 5.73 Å². The highest BCUT2D eigenvalue weighted by atomic mass is 19.4. The van der Waals surface area contributed by atoms with Gasteiger partial charge in [-0.25, -0.2) is 0 Å². The van der Waals surface area contributed by atoms with E-state index >= 15 is 0 Å². The predicted molar refractivity (Wildman–Crippen MR) is 96.0 cm³/mol. The van der Waals surface area contributed by atoms with E-state index in [9.17, 15) is 18.0 Å². The molecule has 1 aromatic rings. The molecule has 26 heavy (non-hydrogen) atoms. The fraction of sp³-hybridized carbons (Fsp3) is 0.611. The predicted octanol–water partition coefficient (Wildman–Crippen LogP) is 2.07. The Balaban J connectivity index is 1.70. The summed E-state index contributed by atoms with van der Waals surface area (Å²) in [5.41, 5.74) is 5.49. The van der Waals surface area contributed by atoms with Gasteiger partial charge in [0, 0.05) is 38.4 Å². The molecule has 1 atom stereocenters. The standard InChI is InChI=1S/C18H27F3N4O/c1-14(22)17(26)23-7-2-3-8-24-9-11-25(12-10-24)16-6-4-5-15(13-16)18(19,20)21/h4-6,13-14H,2-3,7-12,22H2,1H3,(H,23,26). The van der Waals surface area contributed by atoms with Crippen LogP contribution in [-0.4, -0.2) is 56.1 Å². The third-order valence-electron chi connectivity index (χ3n) is 4.52. The highest BCUT2D eigenvalue weighted by Gasteiger charge is 2.31. The molecule has 0 aromatic heterocycles. The molecule has 8 heteroatoms. The van der Waals surface area contributed by atoms with Crippen molar-refractivity contribution in [3.05, 3.63) is 29.8 Å². The van der Waals surface area contributed by atoms with Gasteiger partial charge in [-0.2, -0.15) is 13.2 Å². The molecule has 1 fully saturated rings. The number of carbonyl (C=O) groups excluding carboxylic acids is 1. The Hall–Kier alpha value is -1.80. The van der Waals surface area contributed by atoms with E-state index in [0.29, 0.717) is 25.3 Å². The smallest absolute Gasteiger partial charge is 0.369 e. The monoisotopic (exact) mass is 372 g/mol. The van der Waals surface area contributed by atoms with Crippen LogP contribution in [0.2, 0.25) is 0 Å². The van der Waals surface area contributed by atoms with Crippen molar-refractivity contribution in [2.75, 3.05) is 44.2 Å². The molecule has 1 saturated heterocycles. The molecule has 0 saturated carbocycles. The van der Waals surface area contributed by atoms with Crippen LogP contribution in [0.4, 0.5) is 18.9 Å². The van der Waals surface area contributed by atoms with Crippen LogP contribution >= 0.6 is 0 Å². The van der Waals surface area contributed by atoms with Gasteiger partial charge in [-0.3, -0.25) is 9.69 Å². The molecule has 0 radical (unpaired) electrons. The van der Waals surface area contributed by atoms with Crippen molar-refractivity contribution < 1.29 is 18.0 Å². The zero-order chi connectivity index (χ0) is 19.2. The largest absolute Gasteiger partial charge is 0.416 e. The van der Waals surface area contributed by atoms with Gasteiger partial charge in [0.25, 0.3) is 0 Å². The summed E-state index contributed by atoms with van der Waals surface area (Å²) in [6.45, 7) is 6.25. The van der Waals surface area contributed by atoms with E-state index in [1.165, 1.54) is 12.1 Å². The topological polar surface area (TPSA) is 61.6 Å². The third-order valence-corrected chi connectivity index (χ3v) is 4.52. The molecule has 3 N–H and O–H groups in total. The minimum absolute atomic E-state index is 0.139. The molecule has 1 aliphatic heterocycles. The van der Waals surface area contributed by atoms with Crippen LogP contribution in [0.25, 0.3) is 0 Å². The molecule has 0 bridgehead atoms. The second-order valence-corrected chi connectivity index (χ2v) is 6.66. The molecule has 1 aromatic carbocycles. The lowest BCUT2D eigenvalue weighted by atomic mass is 10.1. The van der Waals surface area contributed by atoms with E-state index in [0.717, 1.165) is 38.5 Å². The maximum Gasteiger partial charge on any atom is 0.416 e. The van der Waals surface area contributed by atoms with Gasteiger partial charge < -0.3 is 16.0 Å². The molecule has 1 amide bonds. The molecule has 1 unspecified atom stereocenters. The number of alkyl halides is 3. The van der Waals surface area contributed by atoms with Crippen LogP contribution in [0.3, 0.4) is 0 Å². The van der Waals surface area contributed by atoms with Gasteiger partial charge in [-0.1, -0.05) is 6.07 Å².